The second-order valence-corrected chi connectivity index (χ2v) is 5.26. The molecule has 0 spiro atoms. The summed E-state index contributed by atoms with van der Waals surface area (Å²) >= 11 is 5.18. The maximum absolute atomic E-state index is 9.07. The van der Waals surface area contributed by atoms with Crippen molar-refractivity contribution in [2.24, 2.45) is 0 Å². The summed E-state index contributed by atoms with van der Waals surface area (Å²) in [5, 5.41) is 10.3. The fourth-order valence-electron chi connectivity index (χ4n) is 1.58. The largest absolute Gasteiger partial charge is 0.391 e. The number of aliphatic hydroxyl groups excluding tert-OH is 1. The number of aryl methyl sites for hydroxylation is 1. The monoisotopic (exact) mass is 270 g/mol. The van der Waals surface area contributed by atoms with Crippen molar-refractivity contribution in [2.45, 2.75) is 20.0 Å². The quantitative estimate of drug-likeness (QED) is 0.882. The third-order valence-electron chi connectivity index (χ3n) is 2.25. The smallest absolute Gasteiger partial charge is 0.0774 e. The van der Waals surface area contributed by atoms with E-state index in [1.807, 2.05) is 0 Å². The van der Waals surface area contributed by atoms with Crippen molar-refractivity contribution in [3.63, 3.8) is 0 Å². The Labute approximate surface area is 95.5 Å². The van der Waals surface area contributed by atoms with Crippen LogP contribution in [0.4, 0.5) is 0 Å². The van der Waals surface area contributed by atoms with Gasteiger partial charge >= 0.3 is 0 Å². The van der Waals surface area contributed by atoms with Gasteiger partial charge in [-0.05, 0) is 35.6 Å². The van der Waals surface area contributed by atoms with Crippen molar-refractivity contribution >= 4 is 37.4 Å². The normalized spacial score (nSPS) is 11.1. The Kier molecular flexibility index (Phi) is 2.91. The van der Waals surface area contributed by atoms with Gasteiger partial charge in [-0.2, -0.15) is 0 Å². The first-order chi connectivity index (χ1) is 6.74. The van der Waals surface area contributed by atoms with E-state index in [9.17, 15) is 0 Å². The highest BCUT2D eigenvalue weighted by Gasteiger charge is 2.06. The molecule has 1 heterocycles. The molecule has 1 aromatic heterocycles. The number of benzene rings is 1. The summed E-state index contributed by atoms with van der Waals surface area (Å²) in [6.45, 7) is 2.29. The van der Waals surface area contributed by atoms with Gasteiger partial charge in [0.25, 0.3) is 0 Å². The zero-order valence-corrected chi connectivity index (χ0v) is 10.3. The first-order valence-electron chi connectivity index (χ1n) is 4.56. The molecular formula is C11H11BrOS. The second kappa shape index (κ2) is 4.01. The first kappa shape index (κ1) is 10.1. The third kappa shape index (κ3) is 1.72. The Morgan fingerprint density at radius 2 is 2.14 bits per heavy atom. The summed E-state index contributed by atoms with van der Waals surface area (Å²) in [7, 11) is 0. The second-order valence-electron chi connectivity index (χ2n) is 3.21. The number of rotatable bonds is 2. The molecule has 1 N–H and O–H groups in total. The molecule has 3 heteroatoms. The summed E-state index contributed by atoms with van der Waals surface area (Å²) in [4.78, 5) is 1.04. The Balaban J connectivity index is 2.71. The third-order valence-corrected chi connectivity index (χ3v) is 3.91. The highest BCUT2D eigenvalue weighted by molar-refractivity contribution is 9.10. The molecule has 0 fully saturated rings. The van der Waals surface area contributed by atoms with Gasteiger partial charge in [0.2, 0.25) is 0 Å². The van der Waals surface area contributed by atoms with Crippen LogP contribution in [0.5, 0.6) is 0 Å². The van der Waals surface area contributed by atoms with E-state index in [0.29, 0.717) is 0 Å². The van der Waals surface area contributed by atoms with Gasteiger partial charge in [0.15, 0.2) is 0 Å². The van der Waals surface area contributed by atoms with Crippen LogP contribution in [0.15, 0.2) is 22.7 Å². The lowest BCUT2D eigenvalue weighted by Gasteiger charge is -1.99. The molecule has 2 aromatic rings. The van der Waals surface area contributed by atoms with Gasteiger partial charge < -0.3 is 5.11 Å². The van der Waals surface area contributed by atoms with Gasteiger partial charge in [0.05, 0.1) is 6.61 Å². The highest BCUT2D eigenvalue weighted by Crippen LogP contribution is 2.32. The van der Waals surface area contributed by atoms with Crippen molar-refractivity contribution in [3.8, 4) is 0 Å². The predicted molar refractivity (Wildman–Crippen MR) is 64.8 cm³/mol. The average Bonchev–Trinajstić information content (AvgIpc) is 2.59. The van der Waals surface area contributed by atoms with Crippen molar-refractivity contribution in [2.75, 3.05) is 0 Å². The van der Waals surface area contributed by atoms with E-state index < -0.39 is 0 Å². The molecule has 0 aliphatic heterocycles. The molecule has 0 saturated heterocycles. The maximum atomic E-state index is 9.07. The number of fused-ring (bicyclic) bond motifs is 1. The van der Waals surface area contributed by atoms with E-state index in [2.05, 4.69) is 41.1 Å². The van der Waals surface area contributed by atoms with Gasteiger partial charge in [-0.1, -0.05) is 22.9 Å². The minimum absolute atomic E-state index is 0.139. The van der Waals surface area contributed by atoms with Gasteiger partial charge in [0, 0.05) is 14.0 Å². The van der Waals surface area contributed by atoms with Crippen LogP contribution in [-0.4, -0.2) is 5.11 Å². The predicted octanol–water partition coefficient (Wildman–Crippen LogP) is 3.72. The van der Waals surface area contributed by atoms with Crippen molar-refractivity contribution in [1.29, 1.82) is 0 Å². The van der Waals surface area contributed by atoms with Gasteiger partial charge in [-0.25, -0.2) is 0 Å². The molecule has 0 aliphatic rings. The van der Waals surface area contributed by atoms with E-state index in [4.69, 9.17) is 5.11 Å². The van der Waals surface area contributed by atoms with Crippen molar-refractivity contribution in [1.82, 2.24) is 0 Å². The molecule has 74 valence electrons. The van der Waals surface area contributed by atoms with E-state index in [1.165, 1.54) is 15.6 Å². The topological polar surface area (TPSA) is 20.2 Å². The highest BCUT2D eigenvalue weighted by atomic mass is 79.9. The summed E-state index contributed by atoms with van der Waals surface area (Å²) < 4.78 is 2.42. The van der Waals surface area contributed by atoms with Crippen LogP contribution in [0, 0.1) is 0 Å². The SMILES string of the molecule is CCc1cc(Br)cc2cc(CO)sc12. The Bertz CT molecular complexity index is 462. The Hall–Kier alpha value is -0.380. The van der Waals surface area contributed by atoms with Crippen molar-refractivity contribution in [3.05, 3.63) is 33.1 Å². The van der Waals surface area contributed by atoms with Crippen LogP contribution in [0.1, 0.15) is 17.4 Å². The summed E-state index contributed by atoms with van der Waals surface area (Å²) in [6, 6.07) is 6.31. The van der Waals surface area contributed by atoms with Gasteiger partial charge in [-0.3, -0.25) is 0 Å². The molecule has 1 nitrogen and oxygen atoms in total. The molecule has 0 amide bonds. The molecule has 2 rings (SSSR count). The number of halogens is 1. The molecule has 1 aromatic carbocycles. The maximum Gasteiger partial charge on any atom is 0.0774 e. The van der Waals surface area contributed by atoms with Gasteiger partial charge in [0.1, 0.15) is 0 Å². The zero-order chi connectivity index (χ0) is 10.1. The Morgan fingerprint density at radius 3 is 2.79 bits per heavy atom. The lowest BCUT2D eigenvalue weighted by Crippen LogP contribution is -1.79. The first-order valence-corrected chi connectivity index (χ1v) is 6.17. The standard InChI is InChI=1S/C11H11BrOS/c1-2-7-3-9(12)4-8-5-10(6-13)14-11(7)8/h3-5,13H,2,6H2,1H3. The number of thiophene rings is 1. The number of aliphatic hydroxyl groups is 1. The number of hydrogen-bond acceptors (Lipinski definition) is 2. The summed E-state index contributed by atoms with van der Waals surface area (Å²) in [6.07, 6.45) is 1.03. The molecule has 0 atom stereocenters. The zero-order valence-electron chi connectivity index (χ0n) is 7.88. The summed E-state index contributed by atoms with van der Waals surface area (Å²) in [5.74, 6) is 0. The average molecular weight is 271 g/mol. The van der Waals surface area contributed by atoms with Crippen LogP contribution in [0.25, 0.3) is 10.1 Å². The van der Waals surface area contributed by atoms with Crippen molar-refractivity contribution < 1.29 is 5.11 Å². The van der Waals surface area contributed by atoms with Crippen LogP contribution in [0.2, 0.25) is 0 Å². The van der Waals surface area contributed by atoms with E-state index in [-0.39, 0.29) is 6.61 Å². The van der Waals surface area contributed by atoms with Crippen LogP contribution >= 0.6 is 27.3 Å². The summed E-state index contributed by atoms with van der Waals surface area (Å²) in [5.41, 5.74) is 1.35. The lowest BCUT2D eigenvalue weighted by molar-refractivity contribution is 0.285. The number of hydrogen-bond donors (Lipinski definition) is 1. The fourth-order valence-corrected chi connectivity index (χ4v) is 3.19. The van der Waals surface area contributed by atoms with E-state index in [1.54, 1.807) is 11.3 Å². The molecule has 0 bridgehead atoms. The molecule has 0 unspecified atom stereocenters. The molecule has 0 radical (unpaired) electrons. The van der Waals surface area contributed by atoms with Crippen LogP contribution in [-0.2, 0) is 13.0 Å². The molecule has 14 heavy (non-hydrogen) atoms. The Morgan fingerprint density at radius 1 is 1.36 bits per heavy atom. The van der Waals surface area contributed by atoms with E-state index in [0.717, 1.165) is 15.8 Å². The molecular weight excluding hydrogens is 260 g/mol. The van der Waals surface area contributed by atoms with Crippen LogP contribution in [0.3, 0.4) is 0 Å². The fraction of sp³-hybridized carbons (Fsp3) is 0.273. The lowest BCUT2D eigenvalue weighted by atomic mass is 10.1. The molecule has 0 saturated carbocycles. The van der Waals surface area contributed by atoms with Crippen LogP contribution < -0.4 is 0 Å². The van der Waals surface area contributed by atoms with E-state index >= 15 is 0 Å². The minimum Gasteiger partial charge on any atom is -0.391 e. The molecule has 0 aliphatic carbocycles. The van der Waals surface area contributed by atoms with Gasteiger partial charge in [-0.15, -0.1) is 11.3 Å². The minimum atomic E-state index is 0.139.